The summed E-state index contributed by atoms with van der Waals surface area (Å²) < 4.78 is 9.89. The molecule has 0 aliphatic carbocycles. The van der Waals surface area contributed by atoms with Gasteiger partial charge in [0.2, 0.25) is 6.29 Å². The van der Waals surface area contributed by atoms with Crippen LogP contribution < -0.4 is 0 Å². The van der Waals surface area contributed by atoms with Crippen molar-refractivity contribution < 1.29 is 19.4 Å². The highest BCUT2D eigenvalue weighted by Crippen LogP contribution is 2.17. The monoisotopic (exact) mass is 172 g/mol. The van der Waals surface area contributed by atoms with Gasteiger partial charge in [-0.15, -0.1) is 0 Å². The molecule has 12 heavy (non-hydrogen) atoms. The molecule has 0 saturated heterocycles. The Labute approximate surface area is 70.4 Å². The molecule has 1 aromatic heterocycles. The fraction of sp³-hybridized carbons (Fsp3) is 0.500. The number of ether oxygens (including phenoxy) is 1. The highest BCUT2D eigenvalue weighted by molar-refractivity contribution is 5.07. The molecular weight excluding hydrogens is 160 g/mol. The molecule has 1 unspecified atom stereocenters. The lowest BCUT2D eigenvalue weighted by Gasteiger charge is -2.05. The van der Waals surface area contributed by atoms with Crippen LogP contribution in [0.25, 0.3) is 0 Å². The van der Waals surface area contributed by atoms with E-state index in [1.807, 2.05) is 0 Å². The molecule has 0 radical (unpaired) electrons. The Kier molecular flexibility index (Phi) is 3.28. The predicted molar refractivity (Wildman–Crippen MR) is 41.2 cm³/mol. The van der Waals surface area contributed by atoms with Crippen molar-refractivity contribution in [2.75, 3.05) is 6.61 Å². The number of furan rings is 1. The second-order valence-corrected chi connectivity index (χ2v) is 2.27. The van der Waals surface area contributed by atoms with Crippen LogP contribution in [-0.4, -0.2) is 16.8 Å². The van der Waals surface area contributed by atoms with Crippen LogP contribution in [0.1, 0.15) is 24.7 Å². The van der Waals surface area contributed by atoms with E-state index in [9.17, 15) is 5.11 Å². The van der Waals surface area contributed by atoms with E-state index in [-0.39, 0.29) is 6.61 Å². The van der Waals surface area contributed by atoms with Gasteiger partial charge in [0.1, 0.15) is 12.4 Å². The second kappa shape index (κ2) is 4.25. The summed E-state index contributed by atoms with van der Waals surface area (Å²) >= 11 is 0. The highest BCUT2D eigenvalue weighted by atomic mass is 16.6. The molecule has 0 amide bonds. The lowest BCUT2D eigenvalue weighted by molar-refractivity contribution is -0.111. The number of hydrogen-bond acceptors (Lipinski definition) is 4. The Balaban J connectivity index is 2.61. The van der Waals surface area contributed by atoms with E-state index in [2.05, 4.69) is 0 Å². The molecule has 0 aliphatic rings. The largest absolute Gasteiger partial charge is 0.458 e. The summed E-state index contributed by atoms with van der Waals surface area (Å²) in [5, 5.41) is 17.9. The number of aliphatic hydroxyl groups is 2. The van der Waals surface area contributed by atoms with Crippen LogP contribution in [0, 0.1) is 0 Å². The maximum absolute atomic E-state index is 9.23. The smallest absolute Gasteiger partial charge is 0.214 e. The highest BCUT2D eigenvalue weighted by Gasteiger charge is 2.11. The molecule has 1 atom stereocenters. The average Bonchev–Trinajstić information content (AvgIpc) is 2.52. The SMILES string of the molecule is CCOC(O)c1ccc(CO)o1. The van der Waals surface area contributed by atoms with E-state index in [1.54, 1.807) is 19.1 Å². The molecule has 68 valence electrons. The first-order valence-electron chi connectivity index (χ1n) is 3.77. The van der Waals surface area contributed by atoms with Crippen molar-refractivity contribution in [2.24, 2.45) is 0 Å². The molecule has 0 fully saturated rings. The summed E-state index contributed by atoms with van der Waals surface area (Å²) in [6.07, 6.45) is -1.03. The Morgan fingerprint density at radius 2 is 2.33 bits per heavy atom. The zero-order valence-electron chi connectivity index (χ0n) is 6.86. The van der Waals surface area contributed by atoms with Crippen molar-refractivity contribution in [3.8, 4) is 0 Å². The Morgan fingerprint density at radius 1 is 1.58 bits per heavy atom. The predicted octanol–water partition coefficient (Wildman–Crippen LogP) is 0.799. The average molecular weight is 172 g/mol. The summed E-state index contributed by atoms with van der Waals surface area (Å²) in [5.41, 5.74) is 0. The van der Waals surface area contributed by atoms with Gasteiger partial charge < -0.3 is 19.4 Å². The van der Waals surface area contributed by atoms with Crippen molar-refractivity contribution in [2.45, 2.75) is 19.8 Å². The number of hydrogen-bond donors (Lipinski definition) is 2. The molecule has 2 N–H and O–H groups in total. The van der Waals surface area contributed by atoms with Gasteiger partial charge in [-0.3, -0.25) is 0 Å². The van der Waals surface area contributed by atoms with Crippen molar-refractivity contribution in [1.82, 2.24) is 0 Å². The summed E-state index contributed by atoms with van der Waals surface area (Å²) in [6.45, 7) is 2.02. The van der Waals surface area contributed by atoms with Gasteiger partial charge in [-0.2, -0.15) is 0 Å². The summed E-state index contributed by atoms with van der Waals surface area (Å²) in [7, 11) is 0. The fourth-order valence-electron chi connectivity index (χ4n) is 0.852. The van der Waals surface area contributed by atoms with Crippen LogP contribution in [0.2, 0.25) is 0 Å². The lowest BCUT2D eigenvalue weighted by Crippen LogP contribution is -2.00. The van der Waals surface area contributed by atoms with Gasteiger partial charge in [0.05, 0.1) is 0 Å². The van der Waals surface area contributed by atoms with Gasteiger partial charge in [0, 0.05) is 6.61 Å². The topological polar surface area (TPSA) is 62.8 Å². The molecule has 4 heteroatoms. The Morgan fingerprint density at radius 3 is 2.83 bits per heavy atom. The third-order valence-corrected chi connectivity index (χ3v) is 1.41. The van der Waals surface area contributed by atoms with Gasteiger partial charge in [-0.1, -0.05) is 0 Å². The number of rotatable bonds is 4. The maximum atomic E-state index is 9.23. The van der Waals surface area contributed by atoms with Gasteiger partial charge >= 0.3 is 0 Å². The molecule has 0 saturated carbocycles. The third kappa shape index (κ3) is 2.07. The summed E-state index contributed by atoms with van der Waals surface area (Å²) in [4.78, 5) is 0. The van der Waals surface area contributed by atoms with Crippen molar-refractivity contribution in [3.05, 3.63) is 23.7 Å². The first-order chi connectivity index (χ1) is 5.77. The van der Waals surface area contributed by atoms with E-state index in [0.29, 0.717) is 18.1 Å². The normalized spacial score (nSPS) is 13.2. The lowest BCUT2D eigenvalue weighted by atomic mass is 10.4. The maximum Gasteiger partial charge on any atom is 0.214 e. The van der Waals surface area contributed by atoms with Crippen LogP contribution in [0.15, 0.2) is 16.5 Å². The minimum Gasteiger partial charge on any atom is -0.458 e. The van der Waals surface area contributed by atoms with E-state index >= 15 is 0 Å². The van der Waals surface area contributed by atoms with Crippen molar-refractivity contribution in [3.63, 3.8) is 0 Å². The van der Waals surface area contributed by atoms with Crippen molar-refractivity contribution in [1.29, 1.82) is 0 Å². The van der Waals surface area contributed by atoms with Crippen LogP contribution >= 0.6 is 0 Å². The minimum absolute atomic E-state index is 0.168. The fourth-order valence-corrected chi connectivity index (χ4v) is 0.852. The molecule has 0 aliphatic heterocycles. The Hall–Kier alpha value is -0.840. The zero-order valence-corrected chi connectivity index (χ0v) is 6.86. The summed E-state index contributed by atoms with van der Waals surface area (Å²) in [6, 6.07) is 3.17. The van der Waals surface area contributed by atoms with Gasteiger partial charge in [0.25, 0.3) is 0 Å². The molecule has 0 bridgehead atoms. The molecule has 0 aromatic carbocycles. The first kappa shape index (κ1) is 9.25. The quantitative estimate of drug-likeness (QED) is 0.659. The van der Waals surface area contributed by atoms with Gasteiger partial charge in [-0.25, -0.2) is 0 Å². The minimum atomic E-state index is -1.03. The molecule has 1 heterocycles. The molecule has 0 spiro atoms. The molecule has 1 rings (SSSR count). The van der Waals surface area contributed by atoms with Crippen LogP contribution in [0.4, 0.5) is 0 Å². The standard InChI is InChI=1S/C8H12O4/c1-2-11-8(10)7-4-3-6(5-9)12-7/h3-4,8-10H,2,5H2,1H3. The van der Waals surface area contributed by atoms with E-state index in [4.69, 9.17) is 14.3 Å². The van der Waals surface area contributed by atoms with E-state index in [0.717, 1.165) is 0 Å². The molecule has 1 aromatic rings. The second-order valence-electron chi connectivity index (χ2n) is 2.27. The van der Waals surface area contributed by atoms with Crippen LogP contribution in [0.3, 0.4) is 0 Å². The molecular formula is C8H12O4. The molecule has 4 nitrogen and oxygen atoms in total. The zero-order chi connectivity index (χ0) is 8.97. The van der Waals surface area contributed by atoms with Crippen LogP contribution in [-0.2, 0) is 11.3 Å². The first-order valence-corrected chi connectivity index (χ1v) is 3.77. The van der Waals surface area contributed by atoms with Gasteiger partial charge in [0.15, 0.2) is 5.76 Å². The van der Waals surface area contributed by atoms with Gasteiger partial charge in [-0.05, 0) is 19.1 Å². The van der Waals surface area contributed by atoms with Crippen molar-refractivity contribution >= 4 is 0 Å². The van der Waals surface area contributed by atoms with E-state index < -0.39 is 6.29 Å². The Bertz CT molecular complexity index is 231. The number of aliphatic hydroxyl groups excluding tert-OH is 2. The summed E-state index contributed by atoms with van der Waals surface area (Å²) in [5.74, 6) is 0.740. The van der Waals surface area contributed by atoms with Crippen LogP contribution in [0.5, 0.6) is 0 Å². The van der Waals surface area contributed by atoms with E-state index in [1.165, 1.54) is 0 Å². The third-order valence-electron chi connectivity index (χ3n) is 1.41.